The Bertz CT molecular complexity index is 534. The van der Waals surface area contributed by atoms with Crippen molar-refractivity contribution in [2.24, 2.45) is 0 Å². The van der Waals surface area contributed by atoms with Gasteiger partial charge in [-0.25, -0.2) is 12.7 Å². The van der Waals surface area contributed by atoms with E-state index < -0.39 is 10.0 Å². The Kier molecular flexibility index (Phi) is 5.52. The number of benzene rings is 1. The summed E-state index contributed by atoms with van der Waals surface area (Å²) in [5.74, 6) is -0.00791. The van der Waals surface area contributed by atoms with Gasteiger partial charge in [-0.15, -0.1) is 0 Å². The molecule has 0 aliphatic rings. The van der Waals surface area contributed by atoms with E-state index in [1.54, 1.807) is 6.92 Å². The van der Waals surface area contributed by atoms with E-state index in [1.807, 2.05) is 43.3 Å². The lowest BCUT2D eigenvalue weighted by atomic mass is 10.0. The van der Waals surface area contributed by atoms with E-state index in [-0.39, 0.29) is 24.1 Å². The van der Waals surface area contributed by atoms with Crippen molar-refractivity contribution >= 4 is 10.0 Å². The van der Waals surface area contributed by atoms with E-state index in [0.29, 0.717) is 0 Å². The number of sulfonamides is 1. The summed E-state index contributed by atoms with van der Waals surface area (Å²) in [6.45, 7) is 3.64. The molecule has 0 unspecified atom stereocenters. The van der Waals surface area contributed by atoms with Crippen molar-refractivity contribution in [1.82, 2.24) is 4.31 Å². The molecule has 19 heavy (non-hydrogen) atoms. The summed E-state index contributed by atoms with van der Waals surface area (Å²) < 4.78 is 25.8. The minimum absolute atomic E-state index is 0.0588. The van der Waals surface area contributed by atoms with Gasteiger partial charge in [-0.2, -0.15) is 5.26 Å². The first-order chi connectivity index (χ1) is 8.88. The van der Waals surface area contributed by atoms with Gasteiger partial charge in [-0.3, -0.25) is 0 Å². The van der Waals surface area contributed by atoms with Crippen molar-refractivity contribution in [1.29, 1.82) is 5.26 Å². The summed E-state index contributed by atoms with van der Waals surface area (Å²) in [7, 11) is -1.81. The lowest BCUT2D eigenvalue weighted by molar-refractivity contribution is 0.391. The average Bonchev–Trinajstić information content (AvgIpc) is 2.38. The smallest absolute Gasteiger partial charge is 0.212 e. The molecular formula is C14H20N2O2S. The second-order valence-corrected chi connectivity index (χ2v) is 6.89. The molecule has 0 aliphatic carbocycles. The van der Waals surface area contributed by atoms with Crippen molar-refractivity contribution in [2.45, 2.75) is 32.2 Å². The monoisotopic (exact) mass is 280 g/mol. The van der Waals surface area contributed by atoms with Gasteiger partial charge in [0.2, 0.25) is 10.0 Å². The third-order valence-corrected chi connectivity index (χ3v) is 5.43. The zero-order chi connectivity index (χ0) is 14.5. The normalized spacial score (nSPS) is 14.9. The Balaban J connectivity index is 2.78. The average molecular weight is 280 g/mol. The van der Waals surface area contributed by atoms with Gasteiger partial charge < -0.3 is 0 Å². The second kappa shape index (κ2) is 6.69. The van der Waals surface area contributed by atoms with Crippen LogP contribution in [0.3, 0.4) is 0 Å². The highest BCUT2D eigenvalue weighted by atomic mass is 32.2. The summed E-state index contributed by atoms with van der Waals surface area (Å²) >= 11 is 0. The Hall–Kier alpha value is -1.38. The summed E-state index contributed by atoms with van der Waals surface area (Å²) in [4.78, 5) is 0. The number of rotatable bonds is 6. The summed E-state index contributed by atoms with van der Waals surface area (Å²) in [6, 6.07) is 11.3. The van der Waals surface area contributed by atoms with Gasteiger partial charge in [0.25, 0.3) is 0 Å². The summed E-state index contributed by atoms with van der Waals surface area (Å²) in [5.41, 5.74) is 1.01. The summed E-state index contributed by atoms with van der Waals surface area (Å²) in [6.07, 6.45) is 0.204. The molecule has 0 saturated carbocycles. The largest absolute Gasteiger partial charge is 0.214 e. The zero-order valence-electron chi connectivity index (χ0n) is 11.6. The molecule has 2 atom stereocenters. The van der Waals surface area contributed by atoms with Crippen LogP contribution in [-0.2, 0) is 10.0 Å². The number of nitrogens with zero attached hydrogens (tertiary/aromatic N) is 2. The van der Waals surface area contributed by atoms with Crippen molar-refractivity contribution in [3.63, 3.8) is 0 Å². The zero-order valence-corrected chi connectivity index (χ0v) is 12.4. The van der Waals surface area contributed by atoms with E-state index in [9.17, 15) is 8.42 Å². The minimum atomic E-state index is -3.35. The maximum atomic E-state index is 12.2. The molecule has 0 N–H and O–H groups in total. The predicted octanol–water partition coefficient (Wildman–Crippen LogP) is 2.35. The number of nitriles is 1. The minimum Gasteiger partial charge on any atom is -0.212 e. The highest BCUT2D eigenvalue weighted by Gasteiger charge is 2.25. The van der Waals surface area contributed by atoms with Crippen LogP contribution in [0.15, 0.2) is 30.3 Å². The fourth-order valence-corrected chi connectivity index (χ4v) is 3.53. The molecule has 0 aliphatic heterocycles. The fourth-order valence-electron chi connectivity index (χ4n) is 1.85. The lowest BCUT2D eigenvalue weighted by Crippen LogP contribution is -2.37. The quantitative estimate of drug-likeness (QED) is 0.803. The van der Waals surface area contributed by atoms with Crippen molar-refractivity contribution in [3.8, 4) is 6.07 Å². The molecule has 1 aromatic carbocycles. The van der Waals surface area contributed by atoms with Crippen LogP contribution in [0.4, 0.5) is 0 Å². The number of hydrogen-bond acceptors (Lipinski definition) is 3. The van der Waals surface area contributed by atoms with Crippen molar-refractivity contribution in [3.05, 3.63) is 35.9 Å². The van der Waals surface area contributed by atoms with Crippen LogP contribution in [-0.4, -0.2) is 31.6 Å². The molecule has 0 radical (unpaired) electrons. The second-order valence-electron chi connectivity index (χ2n) is 4.82. The number of hydrogen-bond donors (Lipinski definition) is 0. The fraction of sp³-hybridized carbons (Fsp3) is 0.500. The predicted molar refractivity (Wildman–Crippen MR) is 76.1 cm³/mol. The van der Waals surface area contributed by atoms with Crippen LogP contribution >= 0.6 is 0 Å². The first-order valence-electron chi connectivity index (χ1n) is 6.26. The molecular weight excluding hydrogens is 260 g/mol. The Morgan fingerprint density at radius 2 is 1.84 bits per heavy atom. The van der Waals surface area contributed by atoms with Crippen LogP contribution in [0.25, 0.3) is 0 Å². The van der Waals surface area contributed by atoms with Gasteiger partial charge in [0.1, 0.15) is 0 Å². The molecule has 4 nitrogen and oxygen atoms in total. The first-order valence-corrected chi connectivity index (χ1v) is 7.87. The van der Waals surface area contributed by atoms with Crippen molar-refractivity contribution in [2.75, 3.05) is 12.8 Å². The summed E-state index contributed by atoms with van der Waals surface area (Å²) in [5, 5.41) is 8.64. The highest BCUT2D eigenvalue weighted by Crippen LogP contribution is 2.19. The third kappa shape index (κ3) is 4.34. The van der Waals surface area contributed by atoms with Crippen molar-refractivity contribution < 1.29 is 8.42 Å². The first kappa shape index (κ1) is 15.7. The van der Waals surface area contributed by atoms with Crippen LogP contribution in [0.1, 0.15) is 31.7 Å². The maximum Gasteiger partial charge on any atom is 0.214 e. The van der Waals surface area contributed by atoms with Gasteiger partial charge in [0.15, 0.2) is 0 Å². The SMILES string of the molecule is C[C@@H](CS(=O)(=O)N(C)[C@@H](C)CC#N)c1ccccc1. The third-order valence-electron chi connectivity index (χ3n) is 3.28. The van der Waals surface area contributed by atoms with Gasteiger partial charge >= 0.3 is 0 Å². The van der Waals surface area contributed by atoms with Gasteiger partial charge in [-0.1, -0.05) is 37.3 Å². The highest BCUT2D eigenvalue weighted by molar-refractivity contribution is 7.89. The van der Waals surface area contributed by atoms with Gasteiger partial charge in [0, 0.05) is 13.1 Å². The standard InChI is InChI=1S/C14H20N2O2S/c1-12(14-7-5-4-6-8-14)11-19(17,18)16(3)13(2)9-10-15/h4-8,12-13H,9,11H2,1-3H3/t12-,13-/m0/s1. The topological polar surface area (TPSA) is 61.2 Å². The van der Waals surface area contributed by atoms with E-state index in [4.69, 9.17) is 5.26 Å². The van der Waals surface area contributed by atoms with E-state index in [2.05, 4.69) is 0 Å². The van der Waals surface area contributed by atoms with Crippen LogP contribution in [0.2, 0.25) is 0 Å². The van der Waals surface area contributed by atoms with E-state index in [1.165, 1.54) is 11.4 Å². The van der Waals surface area contributed by atoms with Crippen LogP contribution < -0.4 is 0 Å². The Labute approximate surface area is 115 Å². The Morgan fingerprint density at radius 3 is 2.37 bits per heavy atom. The molecule has 0 saturated heterocycles. The molecule has 0 aromatic heterocycles. The molecule has 0 heterocycles. The maximum absolute atomic E-state index is 12.2. The van der Waals surface area contributed by atoms with Crippen LogP contribution in [0, 0.1) is 11.3 Å². The van der Waals surface area contributed by atoms with E-state index in [0.717, 1.165) is 5.56 Å². The molecule has 0 spiro atoms. The van der Waals surface area contributed by atoms with Crippen LogP contribution in [0.5, 0.6) is 0 Å². The van der Waals surface area contributed by atoms with E-state index >= 15 is 0 Å². The van der Waals surface area contributed by atoms with Gasteiger partial charge in [-0.05, 0) is 18.4 Å². The molecule has 1 rings (SSSR count). The van der Waals surface area contributed by atoms with Gasteiger partial charge in [0.05, 0.1) is 18.2 Å². The molecule has 104 valence electrons. The molecule has 1 aromatic rings. The molecule has 0 fully saturated rings. The lowest BCUT2D eigenvalue weighted by Gasteiger charge is -2.24. The molecule has 0 bridgehead atoms. The molecule has 0 amide bonds. The Morgan fingerprint density at radius 1 is 1.26 bits per heavy atom. The molecule has 5 heteroatoms.